The van der Waals surface area contributed by atoms with Crippen LogP contribution in [0.5, 0.6) is 0 Å². The van der Waals surface area contributed by atoms with Crippen molar-refractivity contribution in [1.82, 2.24) is 9.13 Å². The Labute approximate surface area is 416 Å². The first-order valence-corrected chi connectivity index (χ1v) is 24.3. The number of halogens is 2. The van der Waals surface area contributed by atoms with Gasteiger partial charge in [0.25, 0.3) is 0 Å². The maximum absolute atomic E-state index is 14.1. The molecule has 2 heterocycles. The Morgan fingerprint density at radius 2 is 0.708 bits per heavy atom. The van der Waals surface area contributed by atoms with Gasteiger partial charge in [-0.3, -0.25) is 0 Å². The lowest BCUT2D eigenvalue weighted by Crippen LogP contribution is -2.10. The molecule has 0 N–H and O–H groups in total. The molecule has 0 radical (unpaired) electrons. The van der Waals surface area contributed by atoms with Gasteiger partial charge < -0.3 is 18.9 Å². The molecule has 344 valence electrons. The highest BCUT2D eigenvalue weighted by Crippen LogP contribution is 2.45. The van der Waals surface area contributed by atoms with E-state index in [1.807, 2.05) is 24.3 Å². The Kier molecular flexibility index (Phi) is 10.3. The number of nitrogens with zero attached hydrogens (tertiary/aromatic N) is 4. The highest BCUT2D eigenvalue weighted by Gasteiger charge is 2.22. The summed E-state index contributed by atoms with van der Waals surface area (Å²) in [7, 11) is 0. The topological polar surface area (TPSA) is 16.3 Å². The van der Waals surface area contributed by atoms with Crippen LogP contribution in [0.25, 0.3) is 76.9 Å². The van der Waals surface area contributed by atoms with Crippen molar-refractivity contribution in [2.75, 3.05) is 9.80 Å². The van der Waals surface area contributed by atoms with E-state index < -0.39 is 0 Å². The van der Waals surface area contributed by atoms with Crippen molar-refractivity contribution in [2.45, 2.75) is 13.8 Å². The van der Waals surface area contributed by atoms with Crippen LogP contribution in [0.2, 0.25) is 0 Å². The first kappa shape index (κ1) is 42.8. The molecular formula is C66H46F2N4. The third-order valence-electron chi connectivity index (χ3n) is 14.2. The Hall–Kier alpha value is -9.26. The molecule has 13 rings (SSSR count). The molecule has 0 amide bonds. The Bertz CT molecular complexity index is 4170. The van der Waals surface area contributed by atoms with Crippen LogP contribution in [0.3, 0.4) is 0 Å². The van der Waals surface area contributed by atoms with E-state index in [-0.39, 0.29) is 11.6 Å². The smallest absolute Gasteiger partial charge is 0.123 e. The zero-order valence-electron chi connectivity index (χ0n) is 39.6. The molecule has 13 aromatic rings. The van der Waals surface area contributed by atoms with Crippen LogP contribution in [0, 0.1) is 25.5 Å². The summed E-state index contributed by atoms with van der Waals surface area (Å²) in [6.45, 7) is 4.24. The molecule has 0 aliphatic rings. The third-order valence-corrected chi connectivity index (χ3v) is 14.2. The van der Waals surface area contributed by atoms with E-state index in [1.165, 1.54) is 35.4 Å². The van der Waals surface area contributed by atoms with Gasteiger partial charge in [-0.2, -0.15) is 0 Å². The summed E-state index contributed by atoms with van der Waals surface area (Å²) in [4.78, 5) is 4.69. The molecule has 0 aliphatic heterocycles. The third kappa shape index (κ3) is 7.26. The van der Waals surface area contributed by atoms with E-state index >= 15 is 0 Å². The first-order valence-electron chi connectivity index (χ1n) is 24.3. The predicted octanol–water partition coefficient (Wildman–Crippen LogP) is 18.5. The summed E-state index contributed by atoms with van der Waals surface area (Å²) in [5.41, 5.74) is 17.0. The van der Waals surface area contributed by atoms with Gasteiger partial charge in [-0.15, -0.1) is 0 Å². The quantitative estimate of drug-likeness (QED) is 0.143. The zero-order chi connectivity index (χ0) is 48.5. The lowest BCUT2D eigenvalue weighted by molar-refractivity contribution is 0.627. The number of rotatable bonds is 9. The van der Waals surface area contributed by atoms with Crippen molar-refractivity contribution in [3.8, 4) is 22.5 Å². The second-order valence-electron chi connectivity index (χ2n) is 18.6. The number of para-hydroxylation sites is 2. The minimum Gasteiger partial charge on any atom is -0.310 e. The Balaban J connectivity index is 0.919. The van der Waals surface area contributed by atoms with Gasteiger partial charge in [0.2, 0.25) is 0 Å². The lowest BCUT2D eigenvalue weighted by atomic mass is 9.96. The van der Waals surface area contributed by atoms with Crippen molar-refractivity contribution >= 4 is 88.5 Å². The molecule has 0 saturated heterocycles. The van der Waals surface area contributed by atoms with Crippen molar-refractivity contribution in [1.29, 1.82) is 0 Å². The number of anilines is 6. The van der Waals surface area contributed by atoms with Gasteiger partial charge in [-0.1, -0.05) is 114 Å². The second kappa shape index (κ2) is 17.3. The maximum atomic E-state index is 14.1. The van der Waals surface area contributed by atoms with Crippen LogP contribution in [0.4, 0.5) is 42.9 Å². The summed E-state index contributed by atoms with van der Waals surface area (Å²) in [6, 6.07) is 83.2. The van der Waals surface area contributed by atoms with Crippen molar-refractivity contribution in [3.63, 3.8) is 0 Å². The fourth-order valence-corrected chi connectivity index (χ4v) is 10.7. The van der Waals surface area contributed by atoms with Crippen LogP contribution >= 0.6 is 0 Å². The van der Waals surface area contributed by atoms with Gasteiger partial charge >= 0.3 is 0 Å². The van der Waals surface area contributed by atoms with E-state index in [9.17, 15) is 8.78 Å². The molecular weight excluding hydrogens is 887 g/mol. The number of benzene rings is 11. The Morgan fingerprint density at radius 1 is 0.306 bits per heavy atom. The SMILES string of the molecule is Cc1ccc(N(c2ccc(-c3cccc4c(N(c5ccc(C)cc5)c5ccc6c(c5)c5ccccc5n6-c5ccc(F)cc5)cccc34)cc2)c2ccc3c(c2)c2ccccc2n3-c2ccc(F)cc2)cc1. The average Bonchev–Trinajstić information content (AvgIpc) is 3.93. The predicted molar refractivity (Wildman–Crippen MR) is 297 cm³/mol. The van der Waals surface area contributed by atoms with Gasteiger partial charge in [-0.25, -0.2) is 8.78 Å². The van der Waals surface area contributed by atoms with Gasteiger partial charge in [0.1, 0.15) is 11.6 Å². The van der Waals surface area contributed by atoms with Gasteiger partial charge in [-0.05, 0) is 170 Å². The normalized spacial score (nSPS) is 11.6. The van der Waals surface area contributed by atoms with Crippen molar-refractivity contribution < 1.29 is 8.78 Å². The highest BCUT2D eigenvalue weighted by molar-refractivity contribution is 6.13. The van der Waals surface area contributed by atoms with Crippen LogP contribution in [-0.2, 0) is 0 Å². The fraction of sp³-hybridized carbons (Fsp3) is 0.0303. The molecule has 0 atom stereocenters. The summed E-state index contributed by atoms with van der Waals surface area (Å²) < 4.78 is 32.7. The maximum Gasteiger partial charge on any atom is 0.123 e. The monoisotopic (exact) mass is 932 g/mol. The summed E-state index contributed by atoms with van der Waals surface area (Å²) in [5, 5.41) is 6.76. The van der Waals surface area contributed by atoms with Gasteiger partial charge in [0, 0.05) is 66.7 Å². The van der Waals surface area contributed by atoms with E-state index in [0.717, 1.165) is 111 Å². The molecule has 4 nitrogen and oxygen atoms in total. The van der Waals surface area contributed by atoms with Crippen molar-refractivity contribution in [2.24, 2.45) is 0 Å². The molecule has 0 aliphatic carbocycles. The van der Waals surface area contributed by atoms with Crippen molar-refractivity contribution in [3.05, 3.63) is 265 Å². The van der Waals surface area contributed by atoms with E-state index in [2.05, 4.69) is 227 Å². The largest absolute Gasteiger partial charge is 0.310 e. The molecule has 0 fully saturated rings. The molecule has 6 heteroatoms. The number of hydrogen-bond donors (Lipinski definition) is 0. The number of hydrogen-bond acceptors (Lipinski definition) is 2. The molecule has 2 aromatic heterocycles. The average molecular weight is 933 g/mol. The highest BCUT2D eigenvalue weighted by atomic mass is 19.1. The number of aryl methyl sites for hydroxylation is 2. The molecule has 11 aromatic carbocycles. The minimum atomic E-state index is -0.257. The van der Waals surface area contributed by atoms with E-state index in [0.29, 0.717) is 0 Å². The number of aromatic nitrogens is 2. The standard InChI is InChI=1S/C66H46F2N4/c1-43-17-27-48(28-18-43)69(53-37-39-65-60(41-53)58-9-3-5-14-63(58)71(65)51-33-23-46(67)24-34-51)49-31-21-45(22-32-49)55-11-7-13-57-56(55)12-8-16-62(57)70(50-29-19-44(2)20-30-50)54-38-40-66-61(42-54)59-10-4-6-15-64(59)72(66)52-35-25-47(68)26-36-52/h3-42H,1-2H3. The fourth-order valence-electron chi connectivity index (χ4n) is 10.7. The molecule has 72 heavy (non-hydrogen) atoms. The van der Waals surface area contributed by atoms with Crippen LogP contribution in [0.1, 0.15) is 11.1 Å². The lowest BCUT2D eigenvalue weighted by Gasteiger charge is -2.28. The van der Waals surface area contributed by atoms with Crippen LogP contribution in [0.15, 0.2) is 243 Å². The van der Waals surface area contributed by atoms with Gasteiger partial charge in [0.05, 0.1) is 27.8 Å². The second-order valence-corrected chi connectivity index (χ2v) is 18.6. The Morgan fingerprint density at radius 3 is 1.24 bits per heavy atom. The molecule has 0 saturated carbocycles. The summed E-state index contributed by atoms with van der Waals surface area (Å²) in [5.74, 6) is -0.514. The van der Waals surface area contributed by atoms with E-state index in [1.54, 1.807) is 0 Å². The van der Waals surface area contributed by atoms with Gasteiger partial charge in [0.15, 0.2) is 0 Å². The summed E-state index contributed by atoms with van der Waals surface area (Å²) >= 11 is 0. The molecule has 0 spiro atoms. The first-order chi connectivity index (χ1) is 35.3. The molecule has 0 bridgehead atoms. The van der Waals surface area contributed by atoms with Crippen LogP contribution < -0.4 is 9.80 Å². The van der Waals surface area contributed by atoms with Crippen LogP contribution in [-0.4, -0.2) is 9.13 Å². The summed E-state index contributed by atoms with van der Waals surface area (Å²) in [6.07, 6.45) is 0. The zero-order valence-corrected chi connectivity index (χ0v) is 39.6. The minimum absolute atomic E-state index is 0.257. The number of fused-ring (bicyclic) bond motifs is 7. The molecule has 0 unspecified atom stereocenters. The van der Waals surface area contributed by atoms with E-state index in [4.69, 9.17) is 0 Å².